The Morgan fingerprint density at radius 2 is 1.77 bits per heavy atom. The van der Waals surface area contributed by atoms with E-state index in [1.54, 1.807) is 24.3 Å². The second kappa shape index (κ2) is 10.7. The number of halogens is 4. The van der Waals surface area contributed by atoms with Gasteiger partial charge in [0.05, 0.1) is 22.2 Å². The van der Waals surface area contributed by atoms with Gasteiger partial charge >= 0.3 is 12.2 Å². The van der Waals surface area contributed by atoms with Gasteiger partial charge in [0.15, 0.2) is 12.0 Å². The van der Waals surface area contributed by atoms with Crippen LogP contribution in [0.2, 0.25) is 0 Å². The minimum Gasteiger partial charge on any atom is -0.485 e. The van der Waals surface area contributed by atoms with Crippen LogP contribution in [0.1, 0.15) is 17.8 Å². The van der Waals surface area contributed by atoms with Crippen molar-refractivity contribution in [3.8, 4) is 28.3 Å². The minimum atomic E-state index is -4.76. The average molecular weight is 594 g/mol. The molecule has 10 nitrogen and oxygen atoms in total. The van der Waals surface area contributed by atoms with Gasteiger partial charge in [0.2, 0.25) is 11.7 Å². The zero-order valence-electron chi connectivity index (χ0n) is 21.8. The van der Waals surface area contributed by atoms with Crippen LogP contribution in [0.4, 0.5) is 28.0 Å². The Morgan fingerprint density at radius 1 is 0.977 bits per heavy atom. The van der Waals surface area contributed by atoms with Crippen molar-refractivity contribution in [1.82, 2.24) is 15.5 Å². The van der Waals surface area contributed by atoms with Gasteiger partial charge in [-0.2, -0.15) is 18.2 Å². The summed E-state index contributed by atoms with van der Waals surface area (Å²) >= 11 is 0. The van der Waals surface area contributed by atoms with Crippen molar-refractivity contribution in [2.75, 3.05) is 11.4 Å². The van der Waals surface area contributed by atoms with Crippen molar-refractivity contribution in [2.45, 2.75) is 19.2 Å². The zero-order chi connectivity index (χ0) is 30.3. The number of imide groups is 1. The van der Waals surface area contributed by atoms with E-state index in [4.69, 9.17) is 13.7 Å². The highest BCUT2D eigenvalue weighted by atomic mass is 19.4. The van der Waals surface area contributed by atoms with Crippen molar-refractivity contribution in [2.24, 2.45) is 0 Å². The number of nitrogens with zero attached hydrogens (tertiary/aromatic N) is 3. The number of alkyl halides is 3. The van der Waals surface area contributed by atoms with Gasteiger partial charge in [-0.05, 0) is 48.0 Å². The number of fused-ring (bicyclic) bond motifs is 1. The molecule has 6 rings (SSSR count). The first kappa shape index (κ1) is 27.6. The van der Waals surface area contributed by atoms with E-state index in [2.05, 4.69) is 15.5 Å². The van der Waals surface area contributed by atoms with Gasteiger partial charge in [-0.25, -0.2) is 14.1 Å². The molecule has 0 unspecified atom stereocenters. The first-order valence-corrected chi connectivity index (χ1v) is 12.7. The second-order valence-electron chi connectivity index (χ2n) is 9.43. The third kappa shape index (κ3) is 5.54. The number of urea groups is 1. The summed E-state index contributed by atoms with van der Waals surface area (Å²) in [4.78, 5) is 42.5. The summed E-state index contributed by atoms with van der Waals surface area (Å²) in [6.07, 6.45) is -3.29. The van der Waals surface area contributed by atoms with Crippen LogP contribution in [0.3, 0.4) is 0 Å². The molecule has 14 heteroatoms. The normalized spacial score (nSPS) is 13.8. The van der Waals surface area contributed by atoms with Crippen LogP contribution < -0.4 is 20.4 Å². The fourth-order valence-electron chi connectivity index (χ4n) is 4.48. The van der Waals surface area contributed by atoms with E-state index >= 15 is 0 Å². The van der Waals surface area contributed by atoms with Crippen LogP contribution in [0, 0.1) is 5.82 Å². The van der Waals surface area contributed by atoms with Crippen LogP contribution in [-0.2, 0) is 17.6 Å². The number of aromatic nitrogens is 2. The Morgan fingerprint density at radius 3 is 2.51 bits per heavy atom. The van der Waals surface area contributed by atoms with Crippen molar-refractivity contribution < 1.29 is 40.8 Å². The smallest absolute Gasteiger partial charge is 0.416 e. The van der Waals surface area contributed by atoms with Crippen molar-refractivity contribution in [1.29, 1.82) is 0 Å². The number of carbonyl (C=O) groups is 2. The van der Waals surface area contributed by atoms with Crippen LogP contribution >= 0.6 is 0 Å². The monoisotopic (exact) mass is 594 g/mol. The molecule has 1 saturated heterocycles. The van der Waals surface area contributed by atoms with Crippen LogP contribution in [-0.4, -0.2) is 28.6 Å². The van der Waals surface area contributed by atoms with E-state index in [0.29, 0.717) is 23.4 Å². The number of anilines is 1. The largest absolute Gasteiger partial charge is 0.485 e. The molecule has 43 heavy (non-hydrogen) atoms. The first-order chi connectivity index (χ1) is 20.6. The van der Waals surface area contributed by atoms with E-state index in [1.165, 1.54) is 24.5 Å². The lowest BCUT2D eigenvalue weighted by molar-refractivity contribution is -0.137. The molecule has 3 heterocycles. The van der Waals surface area contributed by atoms with E-state index < -0.39 is 23.6 Å². The summed E-state index contributed by atoms with van der Waals surface area (Å²) < 4.78 is 69.1. The Bertz CT molecular complexity index is 1920. The van der Waals surface area contributed by atoms with Gasteiger partial charge < -0.3 is 19.0 Å². The summed E-state index contributed by atoms with van der Waals surface area (Å²) in [7, 11) is 0. The van der Waals surface area contributed by atoms with Gasteiger partial charge in [0.25, 0.3) is 5.89 Å². The van der Waals surface area contributed by atoms with E-state index in [9.17, 15) is 31.9 Å². The Kier molecular flexibility index (Phi) is 6.88. The molecule has 0 spiro atoms. The van der Waals surface area contributed by atoms with Crippen LogP contribution in [0.15, 0.2) is 80.7 Å². The average Bonchev–Trinajstić information content (AvgIpc) is 3.45. The molecule has 0 bridgehead atoms. The minimum absolute atomic E-state index is 0.0168. The number of rotatable bonds is 6. The standard InChI is InChI=1S/C29H18F4N4O6/c30-18-10-16(9-17(11-18)29(31,32)33)27-35-24(36-43-27)14-41-20-5-6-21-23(12-20)42-13-22(26(21)39)15-1-3-19(4-2-15)37-25(38)7-8-34-28(37)40/h1-6,9-13H,7-8,14H2,(H,34,40). The van der Waals surface area contributed by atoms with Crippen molar-refractivity contribution in [3.05, 3.63) is 94.4 Å². The van der Waals surface area contributed by atoms with Gasteiger partial charge in [-0.3, -0.25) is 9.59 Å². The maximum Gasteiger partial charge on any atom is 0.416 e. The molecule has 218 valence electrons. The van der Waals surface area contributed by atoms with Crippen molar-refractivity contribution in [3.63, 3.8) is 0 Å². The zero-order valence-corrected chi connectivity index (χ0v) is 21.8. The van der Waals surface area contributed by atoms with E-state index in [1.807, 2.05) is 0 Å². The topological polar surface area (TPSA) is 128 Å². The third-order valence-electron chi connectivity index (χ3n) is 6.56. The lowest BCUT2D eigenvalue weighted by atomic mass is 10.0. The molecule has 0 aliphatic carbocycles. The molecule has 5 aromatic rings. The highest BCUT2D eigenvalue weighted by Gasteiger charge is 2.32. The quantitative estimate of drug-likeness (QED) is 0.248. The predicted octanol–water partition coefficient (Wildman–Crippen LogP) is 5.69. The molecule has 1 aliphatic heterocycles. The van der Waals surface area contributed by atoms with Gasteiger partial charge in [0.1, 0.15) is 23.4 Å². The number of carbonyl (C=O) groups excluding carboxylic acids is 2. The van der Waals surface area contributed by atoms with Gasteiger partial charge in [0, 0.05) is 24.6 Å². The number of nitrogens with one attached hydrogen (secondary N) is 1. The summed E-state index contributed by atoms with van der Waals surface area (Å²) in [6, 6.07) is 12.2. The Hall–Kier alpha value is -5.53. The predicted molar refractivity (Wildman–Crippen MR) is 142 cm³/mol. The highest BCUT2D eigenvalue weighted by Crippen LogP contribution is 2.33. The van der Waals surface area contributed by atoms with Crippen LogP contribution in [0.5, 0.6) is 5.75 Å². The molecular formula is C29H18F4N4O6. The first-order valence-electron chi connectivity index (χ1n) is 12.7. The van der Waals surface area contributed by atoms with E-state index in [-0.39, 0.29) is 70.5 Å². The van der Waals surface area contributed by atoms with E-state index in [0.717, 1.165) is 11.0 Å². The Balaban J connectivity index is 1.17. The van der Waals surface area contributed by atoms with Crippen molar-refractivity contribution >= 4 is 28.6 Å². The molecule has 3 aromatic carbocycles. The number of ether oxygens (including phenoxy) is 1. The lowest BCUT2D eigenvalue weighted by Gasteiger charge is -2.25. The fourth-order valence-corrected chi connectivity index (χ4v) is 4.48. The lowest BCUT2D eigenvalue weighted by Crippen LogP contribution is -2.50. The molecule has 2 aromatic heterocycles. The summed E-state index contributed by atoms with van der Waals surface area (Å²) in [6.45, 7) is 0.0312. The van der Waals surface area contributed by atoms with Crippen LogP contribution in [0.25, 0.3) is 33.6 Å². The van der Waals surface area contributed by atoms with Gasteiger partial charge in [-0.1, -0.05) is 17.3 Å². The second-order valence-corrected chi connectivity index (χ2v) is 9.43. The maximum atomic E-state index is 13.7. The number of benzene rings is 3. The Labute approximate surface area is 238 Å². The molecule has 0 atom stereocenters. The number of hydrogen-bond donors (Lipinski definition) is 1. The fraction of sp³-hybridized carbons (Fsp3) is 0.138. The molecule has 0 saturated carbocycles. The summed E-state index contributed by atoms with van der Waals surface area (Å²) in [5.74, 6) is -1.50. The third-order valence-corrected chi connectivity index (χ3v) is 6.56. The summed E-state index contributed by atoms with van der Waals surface area (Å²) in [5, 5.41) is 6.53. The molecule has 0 radical (unpaired) electrons. The maximum absolute atomic E-state index is 13.7. The number of hydrogen-bond acceptors (Lipinski definition) is 8. The highest BCUT2D eigenvalue weighted by molar-refractivity contribution is 6.15. The molecule has 1 fully saturated rings. The molecule has 3 amide bonds. The number of amides is 3. The SMILES string of the molecule is O=C1CCNC(=O)N1c1ccc(-c2coc3cc(OCc4noc(-c5cc(F)cc(C(F)(F)F)c5)n4)ccc3c2=O)cc1. The molecule has 1 aliphatic rings. The summed E-state index contributed by atoms with van der Waals surface area (Å²) in [5.41, 5.74) is -0.414. The molecule has 1 N–H and O–H groups in total. The molecular weight excluding hydrogens is 576 g/mol. The van der Waals surface area contributed by atoms with Gasteiger partial charge in [-0.15, -0.1) is 0 Å².